The van der Waals surface area contributed by atoms with Crippen molar-refractivity contribution in [1.29, 1.82) is 0 Å². The van der Waals surface area contributed by atoms with Gasteiger partial charge in [0.25, 0.3) is 5.91 Å². The second-order valence-electron chi connectivity index (χ2n) is 10.2. The number of aliphatic hydroxyl groups excluding tert-OH is 1. The fourth-order valence-electron chi connectivity index (χ4n) is 4.74. The number of rotatable bonds is 13. The number of hydrogen-bond donors (Lipinski definition) is 4. The van der Waals surface area contributed by atoms with E-state index in [0.29, 0.717) is 37.2 Å². The predicted molar refractivity (Wildman–Crippen MR) is 146 cm³/mol. The van der Waals surface area contributed by atoms with Crippen LogP contribution in [0.2, 0.25) is 0 Å². The highest BCUT2D eigenvalue weighted by atomic mass is 32.2. The standard InChI is InChI=1S/C28H37N3O7S/c32-17-7-18-37-23-12-10-22(11-13-23)25-30-28(21-38-25,16-19-39(35,36)24-8-3-1-4-9-24)26(33)31-29-20-27(34)14-5-2-6-15-27/h1,3-4,8-13,29,32,34H,2,5-7,14-21H2,(H,31,33)/t28-/m0/s1. The zero-order valence-corrected chi connectivity index (χ0v) is 22.8. The first-order valence-corrected chi connectivity index (χ1v) is 15.0. The zero-order valence-electron chi connectivity index (χ0n) is 22.0. The molecule has 0 spiro atoms. The molecule has 0 unspecified atom stereocenters. The van der Waals surface area contributed by atoms with E-state index in [9.17, 15) is 18.3 Å². The van der Waals surface area contributed by atoms with Gasteiger partial charge in [-0.05, 0) is 55.7 Å². The van der Waals surface area contributed by atoms with E-state index in [1.165, 1.54) is 12.1 Å². The summed E-state index contributed by atoms with van der Waals surface area (Å²) in [7, 11) is -3.67. The van der Waals surface area contributed by atoms with E-state index in [1.807, 2.05) is 0 Å². The fraction of sp³-hybridized carbons (Fsp3) is 0.500. The molecule has 2 aromatic carbocycles. The molecule has 1 fully saturated rings. The van der Waals surface area contributed by atoms with Gasteiger partial charge in [0.1, 0.15) is 12.4 Å². The van der Waals surface area contributed by atoms with E-state index < -0.39 is 26.9 Å². The van der Waals surface area contributed by atoms with Crippen LogP contribution in [0.5, 0.6) is 5.75 Å². The van der Waals surface area contributed by atoms with E-state index in [0.717, 1.165) is 19.3 Å². The fourth-order valence-corrected chi connectivity index (χ4v) is 6.16. The van der Waals surface area contributed by atoms with Gasteiger partial charge in [0.05, 0.1) is 22.9 Å². The number of sulfone groups is 1. The predicted octanol–water partition coefficient (Wildman–Crippen LogP) is 2.14. The molecule has 39 heavy (non-hydrogen) atoms. The molecule has 1 saturated carbocycles. The van der Waals surface area contributed by atoms with Crippen molar-refractivity contribution in [3.63, 3.8) is 0 Å². The molecule has 1 aliphatic carbocycles. The van der Waals surface area contributed by atoms with E-state index >= 15 is 0 Å². The summed E-state index contributed by atoms with van der Waals surface area (Å²) >= 11 is 0. The number of carbonyl (C=O) groups is 1. The smallest absolute Gasteiger partial charge is 0.265 e. The molecule has 2 aliphatic rings. The number of ether oxygens (including phenoxy) is 2. The highest BCUT2D eigenvalue weighted by molar-refractivity contribution is 7.91. The molecule has 2 aromatic rings. The molecule has 1 atom stereocenters. The van der Waals surface area contributed by atoms with Gasteiger partial charge in [-0.15, -0.1) is 0 Å². The number of aliphatic imine (C=N–C) groups is 1. The minimum atomic E-state index is -3.67. The summed E-state index contributed by atoms with van der Waals surface area (Å²) in [5, 5.41) is 19.7. The number of hydrogen-bond acceptors (Lipinski definition) is 9. The second-order valence-corrected chi connectivity index (χ2v) is 12.3. The van der Waals surface area contributed by atoms with Gasteiger partial charge in [-0.25, -0.2) is 18.8 Å². The van der Waals surface area contributed by atoms with Crippen molar-refractivity contribution in [2.75, 3.05) is 32.1 Å². The Morgan fingerprint density at radius 3 is 2.46 bits per heavy atom. The van der Waals surface area contributed by atoms with Gasteiger partial charge < -0.3 is 19.7 Å². The molecule has 1 amide bonds. The SMILES string of the molecule is O=C(NNCC1(O)CCCCC1)[C@]1(CCS(=O)(=O)c2ccccc2)COC(c2ccc(OCCCO)cc2)=N1. The summed E-state index contributed by atoms with van der Waals surface area (Å²) in [6.45, 7) is 0.487. The van der Waals surface area contributed by atoms with Gasteiger partial charge in [0, 0.05) is 25.1 Å². The third-order valence-electron chi connectivity index (χ3n) is 7.15. The minimum absolute atomic E-state index is 0.0427. The second kappa shape index (κ2) is 12.9. The van der Waals surface area contributed by atoms with Gasteiger partial charge in [0.2, 0.25) is 5.90 Å². The lowest BCUT2D eigenvalue weighted by Gasteiger charge is -2.32. The molecule has 1 aliphatic heterocycles. The summed E-state index contributed by atoms with van der Waals surface area (Å²) in [6.07, 6.45) is 4.68. The quantitative estimate of drug-likeness (QED) is 0.216. The summed E-state index contributed by atoms with van der Waals surface area (Å²) < 4.78 is 37.4. The van der Waals surface area contributed by atoms with E-state index in [4.69, 9.17) is 14.6 Å². The molecule has 0 bridgehead atoms. The normalized spacial score (nSPS) is 20.6. The van der Waals surface area contributed by atoms with Crippen LogP contribution in [-0.2, 0) is 19.4 Å². The Morgan fingerprint density at radius 1 is 1.05 bits per heavy atom. The molecule has 1 heterocycles. The Bertz CT molecular complexity index is 1230. The summed E-state index contributed by atoms with van der Waals surface area (Å²) in [4.78, 5) is 18.3. The minimum Gasteiger partial charge on any atom is -0.494 e. The van der Waals surface area contributed by atoms with Crippen LogP contribution in [0.1, 0.15) is 50.5 Å². The Balaban J connectivity index is 1.50. The monoisotopic (exact) mass is 559 g/mol. The van der Waals surface area contributed by atoms with E-state index in [2.05, 4.69) is 15.8 Å². The van der Waals surface area contributed by atoms with Crippen LogP contribution in [0.3, 0.4) is 0 Å². The van der Waals surface area contributed by atoms with Gasteiger partial charge in [0.15, 0.2) is 15.4 Å². The van der Waals surface area contributed by atoms with Gasteiger partial charge in [-0.1, -0.05) is 37.5 Å². The Labute approximate surface area is 229 Å². The van der Waals surface area contributed by atoms with Crippen molar-refractivity contribution < 1.29 is 32.9 Å². The van der Waals surface area contributed by atoms with E-state index in [1.54, 1.807) is 42.5 Å². The summed E-state index contributed by atoms with van der Waals surface area (Å²) in [5.74, 6) is 0.0272. The third kappa shape index (κ3) is 7.57. The van der Waals surface area contributed by atoms with Crippen LogP contribution in [-0.4, -0.2) is 73.7 Å². The molecule has 212 valence electrons. The Hall–Kier alpha value is -2.99. The molecule has 0 aromatic heterocycles. The summed E-state index contributed by atoms with van der Waals surface area (Å²) in [5.41, 5.74) is 3.76. The largest absolute Gasteiger partial charge is 0.494 e. The van der Waals surface area contributed by atoms with Crippen LogP contribution in [0, 0.1) is 0 Å². The van der Waals surface area contributed by atoms with Crippen molar-refractivity contribution in [3.05, 3.63) is 60.2 Å². The first-order valence-electron chi connectivity index (χ1n) is 13.4. The van der Waals surface area contributed by atoms with Crippen molar-refractivity contribution in [3.8, 4) is 5.75 Å². The first kappa shape index (κ1) is 29.0. The van der Waals surface area contributed by atoms with E-state index in [-0.39, 0.29) is 42.7 Å². The first-order chi connectivity index (χ1) is 18.8. The molecule has 4 rings (SSSR count). The van der Waals surface area contributed by atoms with Crippen LogP contribution in [0.15, 0.2) is 64.5 Å². The molecule has 0 saturated heterocycles. The average molecular weight is 560 g/mol. The van der Waals surface area contributed by atoms with Crippen LogP contribution >= 0.6 is 0 Å². The van der Waals surface area contributed by atoms with Gasteiger partial charge >= 0.3 is 0 Å². The number of aliphatic hydroxyl groups is 2. The Kier molecular flexibility index (Phi) is 9.60. The lowest BCUT2D eigenvalue weighted by Crippen LogP contribution is -2.55. The third-order valence-corrected chi connectivity index (χ3v) is 8.88. The maximum atomic E-state index is 13.5. The highest BCUT2D eigenvalue weighted by Gasteiger charge is 2.45. The molecular weight excluding hydrogens is 522 g/mol. The number of carbonyl (C=O) groups excluding carboxylic acids is 1. The lowest BCUT2D eigenvalue weighted by atomic mass is 9.85. The average Bonchev–Trinajstić information content (AvgIpc) is 3.39. The van der Waals surface area contributed by atoms with Crippen molar-refractivity contribution >= 4 is 21.6 Å². The Morgan fingerprint density at radius 2 is 1.77 bits per heavy atom. The van der Waals surface area contributed by atoms with Crippen LogP contribution in [0.4, 0.5) is 0 Å². The number of amides is 1. The number of hydrazine groups is 1. The molecular formula is C28H37N3O7S. The number of nitrogens with zero attached hydrogens (tertiary/aromatic N) is 1. The van der Waals surface area contributed by atoms with Crippen molar-refractivity contribution in [2.24, 2.45) is 4.99 Å². The number of benzene rings is 2. The van der Waals surface area contributed by atoms with Crippen molar-refractivity contribution in [2.45, 2.75) is 61.0 Å². The molecule has 10 nitrogen and oxygen atoms in total. The topological polar surface area (TPSA) is 147 Å². The van der Waals surface area contributed by atoms with Crippen molar-refractivity contribution in [1.82, 2.24) is 10.9 Å². The van der Waals surface area contributed by atoms with Crippen LogP contribution < -0.4 is 15.6 Å². The van der Waals surface area contributed by atoms with Gasteiger partial charge in [-0.2, -0.15) is 0 Å². The zero-order chi connectivity index (χ0) is 27.8. The maximum Gasteiger partial charge on any atom is 0.265 e. The highest BCUT2D eigenvalue weighted by Crippen LogP contribution is 2.29. The molecule has 11 heteroatoms. The molecule has 0 radical (unpaired) electrons. The lowest BCUT2D eigenvalue weighted by molar-refractivity contribution is -0.128. The maximum absolute atomic E-state index is 13.5. The molecule has 4 N–H and O–H groups in total. The number of nitrogens with one attached hydrogen (secondary N) is 2. The van der Waals surface area contributed by atoms with Gasteiger partial charge in [-0.3, -0.25) is 10.2 Å². The van der Waals surface area contributed by atoms with Crippen LogP contribution in [0.25, 0.3) is 0 Å². The summed E-state index contributed by atoms with van der Waals surface area (Å²) in [6, 6.07) is 15.1.